The van der Waals surface area contributed by atoms with Gasteiger partial charge in [0.25, 0.3) is 0 Å². The third-order valence-electron chi connectivity index (χ3n) is 4.23. The van der Waals surface area contributed by atoms with Crippen LogP contribution in [-0.4, -0.2) is 52.8 Å². The maximum absolute atomic E-state index is 12.7. The molecule has 0 radical (unpaired) electrons. The summed E-state index contributed by atoms with van der Waals surface area (Å²) in [5.41, 5.74) is 1.73. The van der Waals surface area contributed by atoms with Crippen molar-refractivity contribution in [3.8, 4) is 11.8 Å². The Morgan fingerprint density at radius 2 is 2.17 bits per heavy atom. The predicted octanol–water partition coefficient (Wildman–Crippen LogP) is 2.61. The van der Waals surface area contributed by atoms with Crippen LogP contribution in [0.2, 0.25) is 0 Å². The van der Waals surface area contributed by atoms with Gasteiger partial charge in [-0.05, 0) is 38.1 Å². The number of fused-ring (bicyclic) bond motifs is 1. The Morgan fingerprint density at radius 3 is 2.83 bits per heavy atom. The number of amides is 1. The summed E-state index contributed by atoms with van der Waals surface area (Å²) in [6.07, 6.45) is 1.98. The lowest BCUT2D eigenvalue weighted by atomic mass is 9.96. The van der Waals surface area contributed by atoms with Gasteiger partial charge in [-0.15, -0.1) is 0 Å². The van der Waals surface area contributed by atoms with Crippen molar-refractivity contribution >= 4 is 27.5 Å². The average molecular weight is 390 g/mol. The molecule has 2 aliphatic heterocycles. The summed E-state index contributed by atoms with van der Waals surface area (Å²) in [5.74, 6) is 0.798. The van der Waals surface area contributed by atoms with Gasteiger partial charge in [-0.2, -0.15) is 5.26 Å². The SMILES string of the molecule is CC1(C)C=C(N2CCN(CCBr)CC2=O)c2cc(C#N)ccc2O1. The molecule has 1 amide bonds. The molecule has 0 aliphatic carbocycles. The Morgan fingerprint density at radius 1 is 1.38 bits per heavy atom. The molecule has 1 aromatic rings. The van der Waals surface area contributed by atoms with E-state index < -0.39 is 5.60 Å². The van der Waals surface area contributed by atoms with E-state index in [-0.39, 0.29) is 5.91 Å². The Kier molecular flexibility index (Phi) is 4.66. The molecule has 0 aromatic heterocycles. The molecule has 1 saturated heterocycles. The lowest BCUT2D eigenvalue weighted by molar-refractivity contribution is -0.132. The average Bonchev–Trinajstić information content (AvgIpc) is 2.53. The molecule has 24 heavy (non-hydrogen) atoms. The lowest BCUT2D eigenvalue weighted by Gasteiger charge is -2.39. The van der Waals surface area contributed by atoms with Crippen molar-refractivity contribution in [3.05, 3.63) is 35.4 Å². The molecule has 0 saturated carbocycles. The number of piperazine rings is 1. The molecular weight excluding hydrogens is 370 g/mol. The van der Waals surface area contributed by atoms with Crippen molar-refractivity contribution < 1.29 is 9.53 Å². The van der Waals surface area contributed by atoms with E-state index in [1.54, 1.807) is 12.1 Å². The molecular formula is C18H20BrN3O2. The number of ether oxygens (including phenoxy) is 1. The van der Waals surface area contributed by atoms with Gasteiger partial charge < -0.3 is 9.64 Å². The van der Waals surface area contributed by atoms with Gasteiger partial charge in [0.1, 0.15) is 11.4 Å². The van der Waals surface area contributed by atoms with Crippen molar-refractivity contribution in [1.29, 1.82) is 5.26 Å². The largest absolute Gasteiger partial charge is 0.483 e. The third kappa shape index (κ3) is 3.33. The fourth-order valence-corrected chi connectivity index (χ4v) is 3.62. The summed E-state index contributed by atoms with van der Waals surface area (Å²) >= 11 is 3.42. The van der Waals surface area contributed by atoms with E-state index in [1.807, 2.05) is 30.9 Å². The smallest absolute Gasteiger partial charge is 0.241 e. The fourth-order valence-electron chi connectivity index (χ4n) is 3.12. The molecule has 2 aliphatic rings. The van der Waals surface area contributed by atoms with Crippen LogP contribution in [0.15, 0.2) is 24.3 Å². The number of carbonyl (C=O) groups is 1. The maximum atomic E-state index is 12.7. The summed E-state index contributed by atoms with van der Waals surface area (Å²) in [7, 11) is 0. The van der Waals surface area contributed by atoms with Crippen LogP contribution in [-0.2, 0) is 4.79 Å². The lowest BCUT2D eigenvalue weighted by Crippen LogP contribution is -2.50. The standard InChI is InChI=1S/C18H20BrN3O2/c1-18(2)10-15(14-9-13(11-20)3-4-16(14)24-18)22-8-7-21(6-5-19)12-17(22)23/h3-4,9-10H,5-8,12H2,1-2H3. The molecule has 3 rings (SSSR count). The number of hydrogen-bond donors (Lipinski definition) is 0. The Labute approximate surface area is 150 Å². The van der Waals surface area contributed by atoms with Crippen LogP contribution < -0.4 is 4.74 Å². The van der Waals surface area contributed by atoms with Crippen LogP contribution in [0.5, 0.6) is 5.75 Å². The highest BCUT2D eigenvalue weighted by Crippen LogP contribution is 2.38. The molecule has 0 atom stereocenters. The van der Waals surface area contributed by atoms with Crippen molar-refractivity contribution in [2.75, 3.05) is 31.5 Å². The molecule has 0 bridgehead atoms. The van der Waals surface area contributed by atoms with E-state index in [4.69, 9.17) is 4.74 Å². The van der Waals surface area contributed by atoms with Crippen molar-refractivity contribution in [3.63, 3.8) is 0 Å². The van der Waals surface area contributed by atoms with Gasteiger partial charge in [0.15, 0.2) is 0 Å². The second-order valence-corrected chi connectivity index (χ2v) is 7.36. The van der Waals surface area contributed by atoms with Gasteiger partial charge in [-0.3, -0.25) is 9.69 Å². The number of benzene rings is 1. The first-order valence-electron chi connectivity index (χ1n) is 7.98. The van der Waals surface area contributed by atoms with Gasteiger partial charge in [0.05, 0.1) is 23.9 Å². The maximum Gasteiger partial charge on any atom is 0.241 e. The van der Waals surface area contributed by atoms with Crippen molar-refractivity contribution in [1.82, 2.24) is 9.80 Å². The second-order valence-electron chi connectivity index (χ2n) is 6.57. The summed E-state index contributed by atoms with van der Waals surface area (Å²) in [6.45, 7) is 6.70. The monoisotopic (exact) mass is 389 g/mol. The Hall–Kier alpha value is -1.84. The van der Waals surface area contributed by atoms with Crippen molar-refractivity contribution in [2.45, 2.75) is 19.4 Å². The highest BCUT2D eigenvalue weighted by molar-refractivity contribution is 9.09. The number of carbonyl (C=O) groups excluding carboxylic acids is 1. The van der Waals surface area contributed by atoms with E-state index in [1.165, 1.54) is 0 Å². The van der Waals surface area contributed by atoms with Crippen LogP contribution >= 0.6 is 15.9 Å². The number of hydrogen-bond acceptors (Lipinski definition) is 4. The second kappa shape index (κ2) is 6.58. The Balaban J connectivity index is 1.96. The highest BCUT2D eigenvalue weighted by Gasteiger charge is 2.34. The van der Waals surface area contributed by atoms with Crippen LogP contribution in [0, 0.1) is 11.3 Å². The van der Waals surface area contributed by atoms with Gasteiger partial charge in [0.2, 0.25) is 5.91 Å². The van der Waals surface area contributed by atoms with Gasteiger partial charge in [-0.25, -0.2) is 0 Å². The molecule has 6 heteroatoms. The minimum absolute atomic E-state index is 0.0828. The van der Waals surface area contributed by atoms with Crippen LogP contribution in [0.25, 0.3) is 5.70 Å². The van der Waals surface area contributed by atoms with E-state index >= 15 is 0 Å². The molecule has 0 unspecified atom stereocenters. The van der Waals surface area contributed by atoms with Crippen LogP contribution in [0.4, 0.5) is 0 Å². The zero-order chi connectivity index (χ0) is 17.3. The van der Waals surface area contributed by atoms with Crippen LogP contribution in [0.3, 0.4) is 0 Å². The van der Waals surface area contributed by atoms with E-state index in [9.17, 15) is 10.1 Å². The summed E-state index contributed by atoms with van der Waals surface area (Å²) in [6, 6.07) is 7.51. The van der Waals surface area contributed by atoms with Gasteiger partial charge in [-0.1, -0.05) is 15.9 Å². The van der Waals surface area contributed by atoms with Crippen molar-refractivity contribution in [2.24, 2.45) is 0 Å². The number of rotatable bonds is 3. The topological polar surface area (TPSA) is 56.6 Å². The van der Waals surface area contributed by atoms with E-state index in [2.05, 4.69) is 26.9 Å². The molecule has 2 heterocycles. The zero-order valence-corrected chi connectivity index (χ0v) is 15.5. The molecule has 5 nitrogen and oxygen atoms in total. The number of nitriles is 1. The van der Waals surface area contributed by atoms with Crippen LogP contribution in [0.1, 0.15) is 25.0 Å². The predicted molar refractivity (Wildman–Crippen MR) is 95.8 cm³/mol. The number of nitrogens with zero attached hydrogens (tertiary/aromatic N) is 3. The molecule has 126 valence electrons. The minimum atomic E-state index is -0.496. The zero-order valence-electron chi connectivity index (χ0n) is 13.9. The summed E-state index contributed by atoms with van der Waals surface area (Å²) in [4.78, 5) is 16.6. The first-order valence-corrected chi connectivity index (χ1v) is 9.11. The molecule has 0 spiro atoms. The van der Waals surface area contributed by atoms with Gasteiger partial charge in [0, 0.05) is 30.5 Å². The molecule has 1 aromatic carbocycles. The number of alkyl halides is 1. The fraction of sp³-hybridized carbons (Fsp3) is 0.444. The third-order valence-corrected chi connectivity index (χ3v) is 4.59. The van der Waals surface area contributed by atoms with E-state index in [0.29, 0.717) is 24.4 Å². The first kappa shape index (κ1) is 17.0. The first-order chi connectivity index (χ1) is 11.4. The normalized spacial score (nSPS) is 20.0. The minimum Gasteiger partial charge on any atom is -0.483 e. The quantitative estimate of drug-likeness (QED) is 0.745. The highest BCUT2D eigenvalue weighted by atomic mass is 79.9. The molecule has 1 fully saturated rings. The van der Waals surface area contributed by atoms with Gasteiger partial charge >= 0.3 is 0 Å². The number of halogens is 1. The molecule has 0 N–H and O–H groups in total. The summed E-state index contributed by atoms with van der Waals surface area (Å²) < 4.78 is 5.99. The Bertz CT molecular complexity index is 736. The van der Waals surface area contributed by atoms with E-state index in [0.717, 1.165) is 29.7 Å². The summed E-state index contributed by atoms with van der Waals surface area (Å²) in [5, 5.41) is 10.0.